The van der Waals surface area contributed by atoms with Gasteiger partial charge in [-0.1, -0.05) is 24.8 Å². The average molecular weight is 462 g/mol. The molecule has 1 N–H and O–H groups in total. The Kier molecular flexibility index (Phi) is 7.19. The first-order valence-corrected chi connectivity index (χ1v) is 11.8. The predicted octanol–water partition coefficient (Wildman–Crippen LogP) is 6.13. The van der Waals surface area contributed by atoms with Crippen molar-refractivity contribution >= 4 is 34.3 Å². The Hall–Kier alpha value is -3.45. The fourth-order valence-corrected chi connectivity index (χ4v) is 4.15. The number of hydrogen-bond acceptors (Lipinski definition) is 5. The van der Waals surface area contributed by atoms with Crippen LogP contribution >= 0.6 is 11.8 Å². The number of carbonyl (C=O) groups is 1. The molecule has 0 aliphatic rings. The Morgan fingerprint density at radius 2 is 1.76 bits per heavy atom. The Balaban J connectivity index is 1.57. The van der Waals surface area contributed by atoms with E-state index in [9.17, 15) is 9.18 Å². The van der Waals surface area contributed by atoms with Gasteiger partial charge in [0.05, 0.1) is 17.9 Å². The van der Waals surface area contributed by atoms with Crippen molar-refractivity contribution in [1.29, 1.82) is 0 Å². The van der Waals surface area contributed by atoms with Crippen LogP contribution in [0.25, 0.3) is 22.3 Å². The van der Waals surface area contributed by atoms with Crippen LogP contribution in [0.1, 0.15) is 19.4 Å². The van der Waals surface area contributed by atoms with E-state index in [2.05, 4.69) is 23.3 Å². The quantitative estimate of drug-likeness (QED) is 0.253. The van der Waals surface area contributed by atoms with E-state index in [0.29, 0.717) is 18.1 Å². The number of benzene rings is 3. The van der Waals surface area contributed by atoms with Gasteiger partial charge in [-0.2, -0.15) is 0 Å². The minimum absolute atomic E-state index is 0.133. The molecule has 0 aliphatic carbocycles. The lowest BCUT2D eigenvalue weighted by Gasteiger charge is -2.11. The standard InChI is InChI=1S/C26H24FN3O2S/c1-3-17-5-14-23-22(15-17)26(30-25(29-23)18-6-8-19(27)9-7-18)33-16-24(31)28-20-10-12-21(13-11-20)32-4-2/h5-15H,3-4,16H2,1-2H3,(H,28,31). The third-order valence-corrected chi connectivity index (χ3v) is 6.02. The maximum atomic E-state index is 13.4. The van der Waals surface area contributed by atoms with Crippen LogP contribution in [-0.2, 0) is 11.2 Å². The van der Waals surface area contributed by atoms with E-state index < -0.39 is 0 Å². The van der Waals surface area contributed by atoms with Gasteiger partial charge in [0, 0.05) is 16.6 Å². The summed E-state index contributed by atoms with van der Waals surface area (Å²) in [4.78, 5) is 22.0. The number of anilines is 1. The van der Waals surface area contributed by atoms with Crippen LogP contribution in [0.5, 0.6) is 5.75 Å². The van der Waals surface area contributed by atoms with Crippen molar-refractivity contribution in [2.24, 2.45) is 0 Å². The van der Waals surface area contributed by atoms with E-state index in [0.717, 1.165) is 33.7 Å². The monoisotopic (exact) mass is 461 g/mol. The molecule has 0 bridgehead atoms. The van der Waals surface area contributed by atoms with Gasteiger partial charge in [0.2, 0.25) is 5.91 Å². The number of halogens is 1. The van der Waals surface area contributed by atoms with Crippen molar-refractivity contribution in [1.82, 2.24) is 9.97 Å². The number of carbonyl (C=O) groups excluding carboxylic acids is 1. The summed E-state index contributed by atoms with van der Waals surface area (Å²) >= 11 is 1.36. The Bertz CT molecular complexity index is 1260. The van der Waals surface area contributed by atoms with Crippen molar-refractivity contribution in [3.63, 3.8) is 0 Å². The number of aryl methyl sites for hydroxylation is 1. The second kappa shape index (κ2) is 10.4. The van der Waals surface area contributed by atoms with Gasteiger partial charge in [0.25, 0.3) is 0 Å². The van der Waals surface area contributed by atoms with Crippen LogP contribution in [0.15, 0.2) is 71.8 Å². The normalized spacial score (nSPS) is 10.9. The molecule has 0 aliphatic heterocycles. The number of thioether (sulfide) groups is 1. The zero-order valence-electron chi connectivity index (χ0n) is 18.5. The number of aromatic nitrogens is 2. The highest BCUT2D eigenvalue weighted by molar-refractivity contribution is 8.00. The number of hydrogen-bond donors (Lipinski definition) is 1. The zero-order valence-corrected chi connectivity index (χ0v) is 19.3. The van der Waals surface area contributed by atoms with E-state index >= 15 is 0 Å². The van der Waals surface area contributed by atoms with Crippen molar-refractivity contribution in [2.45, 2.75) is 25.3 Å². The highest BCUT2D eigenvalue weighted by Crippen LogP contribution is 2.30. The minimum Gasteiger partial charge on any atom is -0.494 e. The molecule has 1 heterocycles. The highest BCUT2D eigenvalue weighted by atomic mass is 32.2. The number of ether oxygens (including phenoxy) is 1. The molecule has 0 saturated heterocycles. The number of fused-ring (bicyclic) bond motifs is 1. The first-order chi connectivity index (χ1) is 16.1. The third-order valence-electron chi connectivity index (χ3n) is 5.02. The molecule has 0 atom stereocenters. The van der Waals surface area contributed by atoms with Crippen molar-refractivity contribution < 1.29 is 13.9 Å². The van der Waals surface area contributed by atoms with Gasteiger partial charge in [0.1, 0.15) is 16.6 Å². The largest absolute Gasteiger partial charge is 0.494 e. The lowest BCUT2D eigenvalue weighted by atomic mass is 10.1. The molecular weight excluding hydrogens is 437 g/mol. The van der Waals surface area contributed by atoms with Crippen molar-refractivity contribution in [2.75, 3.05) is 17.7 Å². The molecule has 0 radical (unpaired) electrons. The smallest absolute Gasteiger partial charge is 0.234 e. The second-order valence-corrected chi connectivity index (χ2v) is 8.32. The summed E-state index contributed by atoms with van der Waals surface area (Å²) in [5.74, 6) is 1.01. The van der Waals surface area contributed by atoms with Crippen LogP contribution in [0.3, 0.4) is 0 Å². The maximum absolute atomic E-state index is 13.4. The molecular formula is C26H24FN3O2S. The first-order valence-electron chi connectivity index (χ1n) is 10.8. The van der Waals surface area contributed by atoms with Gasteiger partial charge < -0.3 is 10.1 Å². The topological polar surface area (TPSA) is 64.1 Å². The molecule has 168 valence electrons. The van der Waals surface area contributed by atoms with Crippen LogP contribution in [-0.4, -0.2) is 28.2 Å². The molecule has 1 amide bonds. The molecule has 3 aromatic carbocycles. The fourth-order valence-electron chi connectivity index (χ4n) is 3.34. The molecule has 5 nitrogen and oxygen atoms in total. The van der Waals surface area contributed by atoms with Gasteiger partial charge in [-0.15, -0.1) is 0 Å². The Morgan fingerprint density at radius 3 is 2.45 bits per heavy atom. The molecule has 0 fully saturated rings. The van der Waals surface area contributed by atoms with Gasteiger partial charge >= 0.3 is 0 Å². The third kappa shape index (κ3) is 5.68. The number of rotatable bonds is 8. The summed E-state index contributed by atoms with van der Waals surface area (Å²) in [6.07, 6.45) is 0.887. The SMILES string of the molecule is CCOc1ccc(NC(=O)CSc2nc(-c3ccc(F)cc3)nc3ccc(CC)cc23)cc1. The minimum atomic E-state index is -0.312. The molecule has 0 unspecified atom stereocenters. The molecule has 4 rings (SSSR count). The van der Waals surface area contributed by atoms with E-state index in [4.69, 9.17) is 9.72 Å². The van der Waals surface area contributed by atoms with Gasteiger partial charge in [-0.25, -0.2) is 14.4 Å². The second-order valence-electron chi connectivity index (χ2n) is 7.36. The Morgan fingerprint density at radius 1 is 1.00 bits per heavy atom. The van der Waals surface area contributed by atoms with Crippen molar-refractivity contribution in [3.8, 4) is 17.1 Å². The van der Waals surface area contributed by atoms with Crippen molar-refractivity contribution in [3.05, 3.63) is 78.1 Å². The van der Waals surface area contributed by atoms with E-state index in [-0.39, 0.29) is 17.5 Å². The summed E-state index contributed by atoms with van der Waals surface area (Å²) < 4.78 is 18.8. The Labute approximate surface area is 196 Å². The van der Waals surface area contributed by atoms with Crippen LogP contribution in [0.4, 0.5) is 10.1 Å². The van der Waals surface area contributed by atoms with Crippen LogP contribution in [0.2, 0.25) is 0 Å². The van der Waals surface area contributed by atoms with E-state index in [1.807, 2.05) is 43.3 Å². The number of amides is 1. The highest BCUT2D eigenvalue weighted by Gasteiger charge is 2.13. The molecule has 0 spiro atoms. The summed E-state index contributed by atoms with van der Waals surface area (Å²) in [7, 11) is 0. The average Bonchev–Trinajstić information content (AvgIpc) is 2.84. The van der Waals surface area contributed by atoms with Gasteiger partial charge in [-0.05, 0) is 79.6 Å². The molecule has 1 aromatic heterocycles. The van der Waals surface area contributed by atoms with E-state index in [1.54, 1.807) is 12.1 Å². The summed E-state index contributed by atoms with van der Waals surface area (Å²) in [5, 5.41) is 4.53. The van der Waals surface area contributed by atoms with Gasteiger partial charge in [0.15, 0.2) is 5.82 Å². The lowest BCUT2D eigenvalue weighted by Crippen LogP contribution is -2.14. The lowest BCUT2D eigenvalue weighted by molar-refractivity contribution is -0.113. The molecule has 7 heteroatoms. The van der Waals surface area contributed by atoms with Crippen LogP contribution in [0, 0.1) is 5.82 Å². The number of nitrogens with zero attached hydrogens (tertiary/aromatic N) is 2. The summed E-state index contributed by atoms with van der Waals surface area (Å²) in [6, 6.07) is 19.4. The number of nitrogens with one attached hydrogen (secondary N) is 1. The van der Waals surface area contributed by atoms with E-state index in [1.165, 1.54) is 29.5 Å². The fraction of sp³-hybridized carbons (Fsp3) is 0.192. The predicted molar refractivity (Wildman–Crippen MR) is 131 cm³/mol. The first kappa shape index (κ1) is 22.7. The summed E-state index contributed by atoms with van der Waals surface area (Å²) in [6.45, 7) is 4.61. The van der Waals surface area contributed by atoms with Crippen LogP contribution < -0.4 is 10.1 Å². The molecule has 4 aromatic rings. The zero-order chi connectivity index (χ0) is 23.2. The maximum Gasteiger partial charge on any atom is 0.234 e. The molecule has 33 heavy (non-hydrogen) atoms. The summed E-state index contributed by atoms with van der Waals surface area (Å²) in [5.41, 5.74) is 3.38. The van der Waals surface area contributed by atoms with Gasteiger partial charge in [-0.3, -0.25) is 4.79 Å². The molecule has 0 saturated carbocycles.